The van der Waals surface area contributed by atoms with Crippen LogP contribution in [0.4, 0.5) is 0 Å². The molecule has 0 unspecified atom stereocenters. The normalized spacial score (nSPS) is 9.12. The van der Waals surface area contributed by atoms with Crippen molar-refractivity contribution in [2.75, 3.05) is 0 Å². The van der Waals surface area contributed by atoms with Crippen LogP contribution in [-0.4, -0.2) is 0 Å². The van der Waals surface area contributed by atoms with Gasteiger partial charge in [0, 0.05) is 0 Å². The Morgan fingerprint density at radius 2 is 0.875 bits per heavy atom. The molecule has 2 aromatic rings. The molecule has 16 heavy (non-hydrogen) atoms. The summed E-state index contributed by atoms with van der Waals surface area (Å²) in [5, 5.41) is 0. The summed E-state index contributed by atoms with van der Waals surface area (Å²) in [5.41, 5.74) is 2.82. The number of benzene rings is 2. The van der Waals surface area contributed by atoms with Crippen LogP contribution in [0.2, 0.25) is 0 Å². The molecule has 2 rings (SSSR count). The van der Waals surface area contributed by atoms with E-state index in [9.17, 15) is 0 Å². The third kappa shape index (κ3) is 4.79. The van der Waals surface area contributed by atoms with Crippen LogP contribution in [0.25, 0.3) is 0 Å². The third-order valence-corrected chi connectivity index (χ3v) is 2.50. The zero-order chi connectivity index (χ0) is 11.6. The van der Waals surface area contributed by atoms with Crippen LogP contribution in [0.1, 0.15) is 25.0 Å². The fraction of sp³-hybridized carbons (Fsp3) is 0.250. The maximum absolute atomic E-state index is 2.16. The van der Waals surface area contributed by atoms with E-state index in [1.807, 2.05) is 12.1 Å². The molecule has 0 saturated carbocycles. The Balaban J connectivity index is 0.000000160. The first kappa shape index (κ1) is 12.5. The summed E-state index contributed by atoms with van der Waals surface area (Å²) in [6.07, 6.45) is 2.28. The molecule has 0 saturated heterocycles. The SMILES string of the molecule is CCc1ccccc1.CCc1ccccc1. The van der Waals surface area contributed by atoms with Crippen molar-refractivity contribution in [1.29, 1.82) is 0 Å². The predicted octanol–water partition coefficient (Wildman–Crippen LogP) is 4.50. The van der Waals surface area contributed by atoms with Gasteiger partial charge >= 0.3 is 0 Å². The predicted molar refractivity (Wildman–Crippen MR) is 71.6 cm³/mol. The topological polar surface area (TPSA) is 0 Å². The van der Waals surface area contributed by atoms with Gasteiger partial charge in [0.25, 0.3) is 0 Å². The zero-order valence-electron chi connectivity index (χ0n) is 10.2. The average Bonchev–Trinajstić information content (AvgIpc) is 2.41. The lowest BCUT2D eigenvalue weighted by Crippen LogP contribution is -1.73. The van der Waals surface area contributed by atoms with Crippen molar-refractivity contribution in [2.45, 2.75) is 26.7 Å². The van der Waals surface area contributed by atoms with Crippen molar-refractivity contribution >= 4 is 0 Å². The second-order valence-electron chi connectivity index (χ2n) is 3.68. The van der Waals surface area contributed by atoms with Gasteiger partial charge < -0.3 is 0 Å². The molecule has 0 aromatic heterocycles. The van der Waals surface area contributed by atoms with Gasteiger partial charge in [-0.15, -0.1) is 0 Å². The smallest absolute Gasteiger partial charge is 0.0307 e. The Bertz CT molecular complexity index is 322. The van der Waals surface area contributed by atoms with Crippen molar-refractivity contribution in [3.63, 3.8) is 0 Å². The fourth-order valence-electron chi connectivity index (χ4n) is 1.43. The first-order chi connectivity index (χ1) is 7.86. The average molecular weight is 212 g/mol. The lowest BCUT2D eigenvalue weighted by atomic mass is 10.2. The minimum absolute atomic E-state index is 1.14. The lowest BCUT2D eigenvalue weighted by molar-refractivity contribution is 1.14. The van der Waals surface area contributed by atoms with Gasteiger partial charge in [-0.3, -0.25) is 0 Å². The zero-order valence-corrected chi connectivity index (χ0v) is 10.2. The van der Waals surface area contributed by atoms with Crippen LogP contribution in [0, 0.1) is 0 Å². The Morgan fingerprint density at radius 3 is 1.06 bits per heavy atom. The van der Waals surface area contributed by atoms with Gasteiger partial charge in [0.05, 0.1) is 0 Å². The molecule has 0 bridgehead atoms. The Morgan fingerprint density at radius 1 is 0.562 bits per heavy atom. The van der Waals surface area contributed by atoms with E-state index >= 15 is 0 Å². The van der Waals surface area contributed by atoms with E-state index in [2.05, 4.69) is 62.4 Å². The van der Waals surface area contributed by atoms with Crippen molar-refractivity contribution in [3.8, 4) is 0 Å². The summed E-state index contributed by atoms with van der Waals surface area (Å²) in [4.78, 5) is 0. The molecule has 84 valence electrons. The number of hydrogen-bond donors (Lipinski definition) is 0. The maximum Gasteiger partial charge on any atom is -0.0307 e. The molecule has 0 nitrogen and oxygen atoms in total. The summed E-state index contributed by atoms with van der Waals surface area (Å²) >= 11 is 0. The second-order valence-corrected chi connectivity index (χ2v) is 3.68. The van der Waals surface area contributed by atoms with Gasteiger partial charge in [-0.25, -0.2) is 0 Å². The van der Waals surface area contributed by atoms with Gasteiger partial charge in [0.2, 0.25) is 0 Å². The van der Waals surface area contributed by atoms with Crippen LogP contribution in [-0.2, 0) is 12.8 Å². The molecular formula is C16H20. The van der Waals surface area contributed by atoms with E-state index in [4.69, 9.17) is 0 Å². The van der Waals surface area contributed by atoms with E-state index in [0.717, 1.165) is 12.8 Å². The highest BCUT2D eigenvalue weighted by atomic mass is 13.9. The molecule has 0 aliphatic heterocycles. The Hall–Kier alpha value is -1.56. The molecule has 0 aliphatic rings. The van der Waals surface area contributed by atoms with E-state index in [1.165, 1.54) is 11.1 Å². The van der Waals surface area contributed by atoms with Crippen molar-refractivity contribution in [2.24, 2.45) is 0 Å². The maximum atomic E-state index is 2.16. The highest BCUT2D eigenvalue weighted by molar-refractivity contribution is 5.14. The van der Waals surface area contributed by atoms with E-state index in [1.54, 1.807) is 0 Å². The van der Waals surface area contributed by atoms with E-state index < -0.39 is 0 Å². The molecule has 0 heterocycles. The number of hydrogen-bond acceptors (Lipinski definition) is 0. The Kier molecular flexibility index (Phi) is 6.02. The second kappa shape index (κ2) is 7.70. The largest absolute Gasteiger partial charge is 0.0622 e. The van der Waals surface area contributed by atoms with Crippen molar-refractivity contribution in [1.82, 2.24) is 0 Å². The third-order valence-electron chi connectivity index (χ3n) is 2.50. The molecule has 0 atom stereocenters. The summed E-state index contributed by atoms with van der Waals surface area (Å²) in [5.74, 6) is 0. The molecule has 0 radical (unpaired) electrons. The molecule has 0 heteroatoms. The monoisotopic (exact) mass is 212 g/mol. The van der Waals surface area contributed by atoms with Gasteiger partial charge in [-0.2, -0.15) is 0 Å². The van der Waals surface area contributed by atoms with Crippen LogP contribution < -0.4 is 0 Å². The molecule has 0 amide bonds. The van der Waals surface area contributed by atoms with Crippen molar-refractivity contribution < 1.29 is 0 Å². The molecular weight excluding hydrogens is 192 g/mol. The number of aryl methyl sites for hydroxylation is 2. The molecule has 2 aromatic carbocycles. The van der Waals surface area contributed by atoms with Crippen molar-refractivity contribution in [3.05, 3.63) is 71.8 Å². The summed E-state index contributed by atoms with van der Waals surface area (Å²) in [6, 6.07) is 20.9. The standard InChI is InChI=1S/2C8H10/c2*1-2-8-6-4-3-5-7-8/h2*3-7H,2H2,1H3. The summed E-state index contributed by atoms with van der Waals surface area (Å²) in [7, 11) is 0. The van der Waals surface area contributed by atoms with Crippen LogP contribution in [0.15, 0.2) is 60.7 Å². The quantitative estimate of drug-likeness (QED) is 0.687. The van der Waals surface area contributed by atoms with E-state index in [-0.39, 0.29) is 0 Å². The number of rotatable bonds is 2. The van der Waals surface area contributed by atoms with Crippen LogP contribution >= 0.6 is 0 Å². The highest BCUT2D eigenvalue weighted by Crippen LogP contribution is 1.97. The van der Waals surface area contributed by atoms with Crippen LogP contribution in [0.3, 0.4) is 0 Å². The van der Waals surface area contributed by atoms with Gasteiger partial charge in [0.15, 0.2) is 0 Å². The molecule has 0 N–H and O–H groups in total. The van der Waals surface area contributed by atoms with Gasteiger partial charge in [0.1, 0.15) is 0 Å². The molecule has 0 aliphatic carbocycles. The summed E-state index contributed by atoms with van der Waals surface area (Å²) < 4.78 is 0. The summed E-state index contributed by atoms with van der Waals surface area (Å²) in [6.45, 7) is 4.32. The molecule has 0 spiro atoms. The van der Waals surface area contributed by atoms with Gasteiger partial charge in [-0.05, 0) is 24.0 Å². The van der Waals surface area contributed by atoms with Crippen LogP contribution in [0.5, 0.6) is 0 Å². The minimum atomic E-state index is 1.14. The fourth-order valence-corrected chi connectivity index (χ4v) is 1.43. The lowest BCUT2D eigenvalue weighted by Gasteiger charge is -1.89. The van der Waals surface area contributed by atoms with E-state index in [0.29, 0.717) is 0 Å². The van der Waals surface area contributed by atoms with Gasteiger partial charge in [-0.1, -0.05) is 74.5 Å². The Labute approximate surface area is 99.0 Å². The highest BCUT2D eigenvalue weighted by Gasteiger charge is 1.80. The minimum Gasteiger partial charge on any atom is -0.0622 e. The first-order valence-electron chi connectivity index (χ1n) is 5.94. The first-order valence-corrected chi connectivity index (χ1v) is 5.94. The molecule has 0 fully saturated rings.